The number of benzene rings is 1. The summed E-state index contributed by atoms with van der Waals surface area (Å²) in [6.07, 6.45) is 0. The van der Waals surface area contributed by atoms with E-state index in [0.717, 1.165) is 0 Å². The monoisotopic (exact) mass is 184 g/mol. The predicted octanol–water partition coefficient (Wildman–Crippen LogP) is 0.378. The molecule has 3 N–H and O–H groups in total. The lowest BCUT2D eigenvalue weighted by Crippen LogP contribution is -2.30. The van der Waals surface area contributed by atoms with Crippen LogP contribution in [0.4, 0.5) is 4.79 Å². The van der Waals surface area contributed by atoms with Crippen molar-refractivity contribution >= 4 is 17.0 Å². The van der Waals surface area contributed by atoms with E-state index in [4.69, 9.17) is 5.73 Å². The highest BCUT2D eigenvalue weighted by Crippen LogP contribution is 2.01. The molecular weight excluding hydrogens is 176 g/mol. The molecule has 4 nitrogen and oxygen atoms in total. The molecule has 5 heteroatoms. The Labute approximate surface area is 72.4 Å². The predicted molar refractivity (Wildman–Crippen MR) is 45.6 cm³/mol. The van der Waals surface area contributed by atoms with Crippen molar-refractivity contribution in [3.63, 3.8) is 0 Å². The van der Waals surface area contributed by atoms with Crippen LogP contribution in [0.5, 0.6) is 0 Å². The van der Waals surface area contributed by atoms with E-state index in [0.29, 0.717) is 4.90 Å². The van der Waals surface area contributed by atoms with Gasteiger partial charge in [0, 0.05) is 0 Å². The first-order chi connectivity index (χ1) is 5.70. The molecule has 0 fully saturated rings. The summed E-state index contributed by atoms with van der Waals surface area (Å²) in [6.45, 7) is 0. The fourth-order valence-corrected chi connectivity index (χ4v) is 1.40. The van der Waals surface area contributed by atoms with Gasteiger partial charge in [-0.2, -0.15) is 0 Å². The molecule has 64 valence electrons. The summed E-state index contributed by atoms with van der Waals surface area (Å²) in [5, 5.41) is 0. The molecule has 0 saturated heterocycles. The minimum absolute atomic E-state index is 0.524. The quantitative estimate of drug-likeness (QED) is 0.697. The maximum Gasteiger partial charge on any atom is 0.324 e. The minimum Gasteiger partial charge on any atom is -0.351 e. The smallest absolute Gasteiger partial charge is 0.324 e. The Balaban J connectivity index is 2.73. The molecule has 0 radical (unpaired) electrons. The van der Waals surface area contributed by atoms with Crippen LogP contribution in [0.2, 0.25) is 0 Å². The Bertz CT molecular complexity index is 300. The van der Waals surface area contributed by atoms with Crippen LogP contribution in [0, 0.1) is 0 Å². The van der Waals surface area contributed by atoms with E-state index in [1.54, 1.807) is 30.3 Å². The SMILES string of the molecule is NC(=O)NS(=O)c1ccccc1. The summed E-state index contributed by atoms with van der Waals surface area (Å²) < 4.78 is 13.2. The summed E-state index contributed by atoms with van der Waals surface area (Å²) in [4.78, 5) is 10.8. The Morgan fingerprint density at radius 3 is 2.42 bits per heavy atom. The number of nitrogens with two attached hydrogens (primary N) is 1. The van der Waals surface area contributed by atoms with E-state index >= 15 is 0 Å². The largest absolute Gasteiger partial charge is 0.351 e. The lowest BCUT2D eigenvalue weighted by atomic mass is 10.4. The molecule has 1 atom stereocenters. The third-order valence-corrected chi connectivity index (χ3v) is 2.24. The molecule has 0 spiro atoms. The molecule has 1 rings (SSSR count). The van der Waals surface area contributed by atoms with Gasteiger partial charge in [0.05, 0.1) is 4.90 Å². The Hall–Kier alpha value is -1.36. The van der Waals surface area contributed by atoms with E-state index in [-0.39, 0.29) is 0 Å². The van der Waals surface area contributed by atoms with Gasteiger partial charge in [-0.1, -0.05) is 18.2 Å². The van der Waals surface area contributed by atoms with Crippen LogP contribution in [0.3, 0.4) is 0 Å². The van der Waals surface area contributed by atoms with Crippen molar-refractivity contribution in [1.29, 1.82) is 0 Å². The lowest BCUT2D eigenvalue weighted by molar-refractivity contribution is 0.254. The third kappa shape index (κ3) is 2.35. The van der Waals surface area contributed by atoms with Crippen LogP contribution in [0.1, 0.15) is 0 Å². The first-order valence-corrected chi connectivity index (χ1v) is 4.38. The fourth-order valence-electron chi connectivity index (χ4n) is 0.694. The first-order valence-electron chi connectivity index (χ1n) is 3.23. The highest BCUT2D eigenvalue weighted by molar-refractivity contribution is 7.83. The van der Waals surface area contributed by atoms with Crippen molar-refractivity contribution in [2.45, 2.75) is 4.90 Å². The van der Waals surface area contributed by atoms with Crippen LogP contribution >= 0.6 is 0 Å². The number of hydrogen-bond donors (Lipinski definition) is 2. The van der Waals surface area contributed by atoms with Gasteiger partial charge >= 0.3 is 6.03 Å². The van der Waals surface area contributed by atoms with Gasteiger partial charge in [-0.05, 0) is 12.1 Å². The summed E-state index contributed by atoms with van der Waals surface area (Å²) in [6, 6.07) is 7.76. The fraction of sp³-hybridized carbons (Fsp3) is 0. The minimum atomic E-state index is -1.54. The second-order valence-electron chi connectivity index (χ2n) is 2.05. The summed E-state index contributed by atoms with van der Waals surface area (Å²) >= 11 is 0. The molecule has 0 heterocycles. The number of rotatable bonds is 2. The average molecular weight is 184 g/mol. The molecule has 0 aliphatic rings. The Kier molecular flexibility index (Phi) is 2.82. The van der Waals surface area contributed by atoms with E-state index in [9.17, 15) is 9.00 Å². The number of urea groups is 1. The molecule has 0 saturated carbocycles. The molecular formula is C7H8N2O2S. The van der Waals surface area contributed by atoms with Crippen LogP contribution in [-0.2, 0) is 11.0 Å². The molecule has 0 aromatic heterocycles. The van der Waals surface area contributed by atoms with Crippen LogP contribution in [0.15, 0.2) is 35.2 Å². The number of hydrogen-bond acceptors (Lipinski definition) is 2. The van der Waals surface area contributed by atoms with Crippen molar-refractivity contribution in [2.75, 3.05) is 0 Å². The number of amides is 2. The normalized spacial score (nSPS) is 12.0. The summed E-state index contributed by atoms with van der Waals surface area (Å²) in [7, 11) is -1.54. The van der Waals surface area contributed by atoms with E-state index in [1.165, 1.54) is 0 Å². The first kappa shape index (κ1) is 8.73. The Morgan fingerprint density at radius 1 is 1.33 bits per heavy atom. The van der Waals surface area contributed by atoms with Crippen molar-refractivity contribution < 1.29 is 9.00 Å². The lowest BCUT2D eigenvalue weighted by Gasteiger charge is -1.99. The van der Waals surface area contributed by atoms with Gasteiger partial charge in [0.2, 0.25) is 0 Å². The molecule has 1 aromatic rings. The number of carbonyl (C=O) groups is 1. The second kappa shape index (κ2) is 3.87. The van der Waals surface area contributed by atoms with Crippen LogP contribution in [0.25, 0.3) is 0 Å². The van der Waals surface area contributed by atoms with Gasteiger partial charge in [0.15, 0.2) is 11.0 Å². The van der Waals surface area contributed by atoms with Gasteiger partial charge in [-0.25, -0.2) is 9.00 Å². The van der Waals surface area contributed by atoms with Gasteiger partial charge in [-0.15, -0.1) is 0 Å². The standard InChI is InChI=1S/C7H8N2O2S/c8-7(10)9-12(11)6-4-2-1-3-5-6/h1-5H,(H3,8,9,10). The van der Waals surface area contributed by atoms with Gasteiger partial charge in [0.25, 0.3) is 0 Å². The third-order valence-electron chi connectivity index (χ3n) is 1.15. The van der Waals surface area contributed by atoms with E-state index in [2.05, 4.69) is 4.72 Å². The zero-order valence-electron chi connectivity index (χ0n) is 6.19. The zero-order valence-corrected chi connectivity index (χ0v) is 7.01. The van der Waals surface area contributed by atoms with Crippen molar-refractivity contribution in [3.05, 3.63) is 30.3 Å². The maximum atomic E-state index is 11.2. The highest BCUT2D eigenvalue weighted by Gasteiger charge is 2.03. The van der Waals surface area contributed by atoms with Crippen molar-refractivity contribution in [1.82, 2.24) is 4.72 Å². The zero-order chi connectivity index (χ0) is 8.97. The van der Waals surface area contributed by atoms with E-state index < -0.39 is 17.0 Å². The molecule has 0 aliphatic heterocycles. The van der Waals surface area contributed by atoms with E-state index in [1.807, 2.05) is 0 Å². The number of nitrogens with one attached hydrogen (secondary N) is 1. The number of primary amides is 1. The Morgan fingerprint density at radius 2 is 1.92 bits per heavy atom. The van der Waals surface area contributed by atoms with Gasteiger partial charge in [0.1, 0.15) is 0 Å². The molecule has 2 amide bonds. The molecule has 12 heavy (non-hydrogen) atoms. The topological polar surface area (TPSA) is 72.2 Å². The van der Waals surface area contributed by atoms with Crippen molar-refractivity contribution in [3.8, 4) is 0 Å². The van der Waals surface area contributed by atoms with Gasteiger partial charge < -0.3 is 5.73 Å². The summed E-state index contributed by atoms with van der Waals surface area (Å²) in [5.41, 5.74) is 4.79. The highest BCUT2D eigenvalue weighted by atomic mass is 32.2. The molecule has 1 unspecified atom stereocenters. The van der Waals surface area contributed by atoms with Crippen LogP contribution < -0.4 is 10.5 Å². The molecule has 0 aliphatic carbocycles. The average Bonchev–Trinajstić information content (AvgIpc) is 2.05. The van der Waals surface area contributed by atoms with Crippen LogP contribution in [-0.4, -0.2) is 10.2 Å². The molecule has 0 bridgehead atoms. The molecule has 1 aromatic carbocycles. The maximum absolute atomic E-state index is 11.2. The summed E-state index contributed by atoms with van der Waals surface area (Å²) in [5.74, 6) is 0. The number of carbonyl (C=O) groups excluding carboxylic acids is 1. The van der Waals surface area contributed by atoms with Crippen molar-refractivity contribution in [2.24, 2.45) is 5.73 Å². The second-order valence-corrected chi connectivity index (χ2v) is 3.26. The van der Waals surface area contributed by atoms with Gasteiger partial charge in [-0.3, -0.25) is 4.72 Å².